The first kappa shape index (κ1) is 11.1. The molecule has 94 valence electrons. The summed E-state index contributed by atoms with van der Waals surface area (Å²) in [5.41, 5.74) is 1.89. The first-order valence-corrected chi connectivity index (χ1v) is 6.45. The van der Waals surface area contributed by atoms with Crippen molar-refractivity contribution in [3.8, 4) is 0 Å². The normalized spacial score (nSPS) is 11.3. The van der Waals surface area contributed by atoms with Crippen LogP contribution in [0.15, 0.2) is 6.33 Å². The molecule has 0 atom stereocenters. The number of nitrogens with zero attached hydrogens (tertiary/aromatic N) is 6. The topological polar surface area (TPSA) is 73.5 Å². The van der Waals surface area contributed by atoms with E-state index in [0.29, 0.717) is 5.95 Å². The molecule has 0 radical (unpaired) electrons. The molecule has 1 N–H and O–H groups in total. The molecular formula is C10H13N7S. The van der Waals surface area contributed by atoms with E-state index in [2.05, 4.69) is 25.5 Å². The molecule has 3 aromatic heterocycles. The summed E-state index contributed by atoms with van der Waals surface area (Å²) in [7, 11) is 1.90. The molecule has 0 saturated heterocycles. The van der Waals surface area contributed by atoms with Crippen molar-refractivity contribution in [2.75, 3.05) is 5.32 Å². The third-order valence-electron chi connectivity index (χ3n) is 2.68. The average molecular weight is 263 g/mol. The SMILES string of the molecule is CCn1ncnc1Nc1nc2c(s1)c(C)nn2C. The second kappa shape index (κ2) is 4.05. The van der Waals surface area contributed by atoms with Gasteiger partial charge in [-0.1, -0.05) is 11.3 Å². The number of anilines is 2. The van der Waals surface area contributed by atoms with E-state index in [1.54, 1.807) is 20.7 Å². The highest BCUT2D eigenvalue weighted by molar-refractivity contribution is 7.22. The highest BCUT2D eigenvalue weighted by Gasteiger charge is 2.13. The van der Waals surface area contributed by atoms with Crippen LogP contribution >= 0.6 is 11.3 Å². The summed E-state index contributed by atoms with van der Waals surface area (Å²) in [5, 5.41) is 12.4. The van der Waals surface area contributed by atoms with E-state index in [9.17, 15) is 0 Å². The van der Waals surface area contributed by atoms with Gasteiger partial charge >= 0.3 is 0 Å². The molecule has 0 aliphatic rings. The number of hydrogen-bond donors (Lipinski definition) is 1. The molecule has 0 amide bonds. The molecule has 0 spiro atoms. The lowest BCUT2D eigenvalue weighted by Gasteiger charge is -2.02. The molecule has 3 rings (SSSR count). The fourth-order valence-corrected chi connectivity index (χ4v) is 2.75. The van der Waals surface area contributed by atoms with E-state index in [-0.39, 0.29) is 0 Å². The minimum absolute atomic E-state index is 0.710. The van der Waals surface area contributed by atoms with E-state index < -0.39 is 0 Å². The number of hydrogen-bond acceptors (Lipinski definition) is 6. The van der Waals surface area contributed by atoms with Crippen LogP contribution < -0.4 is 5.32 Å². The van der Waals surface area contributed by atoms with Crippen LogP contribution in [0, 0.1) is 6.92 Å². The predicted octanol–water partition coefficient (Wildman–Crippen LogP) is 1.69. The molecule has 0 aliphatic carbocycles. The summed E-state index contributed by atoms with van der Waals surface area (Å²) < 4.78 is 4.68. The van der Waals surface area contributed by atoms with Crippen molar-refractivity contribution in [3.63, 3.8) is 0 Å². The Kier molecular flexibility index (Phi) is 2.51. The van der Waals surface area contributed by atoms with Crippen LogP contribution in [0.5, 0.6) is 0 Å². The zero-order chi connectivity index (χ0) is 12.7. The molecule has 0 saturated carbocycles. The van der Waals surface area contributed by atoms with Crippen LogP contribution in [0.2, 0.25) is 0 Å². The van der Waals surface area contributed by atoms with E-state index in [1.807, 2.05) is 20.9 Å². The van der Waals surface area contributed by atoms with Gasteiger partial charge in [0, 0.05) is 13.6 Å². The summed E-state index contributed by atoms with van der Waals surface area (Å²) in [5.74, 6) is 0.710. The quantitative estimate of drug-likeness (QED) is 0.778. The maximum absolute atomic E-state index is 4.51. The van der Waals surface area contributed by atoms with Gasteiger partial charge in [-0.15, -0.1) is 0 Å². The Labute approximate surface area is 107 Å². The van der Waals surface area contributed by atoms with Gasteiger partial charge in [0.2, 0.25) is 5.95 Å². The molecule has 18 heavy (non-hydrogen) atoms. The van der Waals surface area contributed by atoms with Gasteiger partial charge < -0.3 is 5.32 Å². The summed E-state index contributed by atoms with van der Waals surface area (Å²) in [6.07, 6.45) is 1.53. The van der Waals surface area contributed by atoms with Crippen molar-refractivity contribution >= 4 is 32.8 Å². The summed E-state index contributed by atoms with van der Waals surface area (Å²) >= 11 is 1.58. The van der Waals surface area contributed by atoms with E-state index in [4.69, 9.17) is 0 Å². The molecular weight excluding hydrogens is 250 g/mol. The Balaban J connectivity index is 1.98. The summed E-state index contributed by atoms with van der Waals surface area (Å²) in [6, 6.07) is 0. The maximum atomic E-state index is 4.51. The van der Waals surface area contributed by atoms with Crippen LogP contribution in [-0.4, -0.2) is 29.5 Å². The molecule has 0 aromatic carbocycles. The first-order valence-electron chi connectivity index (χ1n) is 5.64. The zero-order valence-corrected chi connectivity index (χ0v) is 11.2. The van der Waals surface area contributed by atoms with Crippen LogP contribution in [0.3, 0.4) is 0 Å². The third kappa shape index (κ3) is 1.65. The van der Waals surface area contributed by atoms with E-state index >= 15 is 0 Å². The van der Waals surface area contributed by atoms with Crippen LogP contribution in [-0.2, 0) is 13.6 Å². The Bertz CT molecular complexity index is 658. The smallest absolute Gasteiger partial charge is 0.227 e. The van der Waals surface area contributed by atoms with Gasteiger partial charge in [0.05, 0.1) is 10.4 Å². The number of fused-ring (bicyclic) bond motifs is 1. The number of aryl methyl sites for hydroxylation is 3. The standard InChI is InChI=1S/C10H13N7S/c1-4-17-9(11-5-12-17)14-10-13-8-7(18-10)6(2)15-16(8)3/h5H,4H2,1-3H3,(H,11,12,13,14). The van der Waals surface area contributed by atoms with Gasteiger partial charge in [0.25, 0.3) is 0 Å². The maximum Gasteiger partial charge on any atom is 0.227 e. The van der Waals surface area contributed by atoms with E-state index in [1.165, 1.54) is 6.33 Å². The van der Waals surface area contributed by atoms with Gasteiger partial charge in [-0.2, -0.15) is 20.2 Å². The first-order chi connectivity index (χ1) is 8.69. The number of aromatic nitrogens is 6. The van der Waals surface area contributed by atoms with Crippen molar-refractivity contribution in [3.05, 3.63) is 12.0 Å². The van der Waals surface area contributed by atoms with Gasteiger partial charge in [-0.3, -0.25) is 0 Å². The molecule has 0 aliphatic heterocycles. The Morgan fingerprint density at radius 1 is 1.44 bits per heavy atom. The number of rotatable bonds is 3. The van der Waals surface area contributed by atoms with Crippen LogP contribution in [0.25, 0.3) is 10.3 Å². The molecule has 7 nitrogen and oxygen atoms in total. The van der Waals surface area contributed by atoms with Gasteiger partial charge in [0.15, 0.2) is 10.8 Å². The fourth-order valence-electron chi connectivity index (χ4n) is 1.83. The highest BCUT2D eigenvalue weighted by Crippen LogP contribution is 2.29. The van der Waals surface area contributed by atoms with Gasteiger partial charge in [-0.25, -0.2) is 9.36 Å². The van der Waals surface area contributed by atoms with Crippen LogP contribution in [0.1, 0.15) is 12.6 Å². The molecule has 3 heterocycles. The Hall–Kier alpha value is -1.96. The lowest BCUT2D eigenvalue weighted by molar-refractivity contribution is 0.667. The van der Waals surface area contributed by atoms with Gasteiger partial charge in [-0.05, 0) is 13.8 Å². The molecule has 0 fully saturated rings. The van der Waals surface area contributed by atoms with E-state index in [0.717, 1.165) is 27.7 Å². The monoisotopic (exact) mass is 263 g/mol. The number of thiazole rings is 1. The Morgan fingerprint density at radius 3 is 3.00 bits per heavy atom. The minimum atomic E-state index is 0.710. The average Bonchev–Trinajstić information content (AvgIpc) is 3.00. The molecule has 0 bridgehead atoms. The van der Waals surface area contributed by atoms with Crippen molar-refractivity contribution < 1.29 is 0 Å². The van der Waals surface area contributed by atoms with Crippen molar-refractivity contribution in [2.24, 2.45) is 7.05 Å². The third-order valence-corrected chi connectivity index (χ3v) is 3.75. The Morgan fingerprint density at radius 2 is 2.28 bits per heavy atom. The van der Waals surface area contributed by atoms with Crippen LogP contribution in [0.4, 0.5) is 11.1 Å². The zero-order valence-electron chi connectivity index (χ0n) is 10.4. The largest absolute Gasteiger partial charge is 0.300 e. The lowest BCUT2D eigenvalue weighted by Crippen LogP contribution is -2.03. The molecule has 0 unspecified atom stereocenters. The fraction of sp³-hybridized carbons (Fsp3) is 0.400. The second-order valence-corrected chi connectivity index (χ2v) is 4.90. The lowest BCUT2D eigenvalue weighted by atomic mass is 10.5. The van der Waals surface area contributed by atoms with Crippen molar-refractivity contribution in [2.45, 2.75) is 20.4 Å². The predicted molar refractivity (Wildman–Crippen MR) is 70.1 cm³/mol. The van der Waals surface area contributed by atoms with Crippen molar-refractivity contribution in [1.29, 1.82) is 0 Å². The molecule has 3 aromatic rings. The summed E-state index contributed by atoms with van der Waals surface area (Å²) in [4.78, 5) is 8.68. The minimum Gasteiger partial charge on any atom is -0.300 e. The second-order valence-electron chi connectivity index (χ2n) is 3.91. The summed E-state index contributed by atoms with van der Waals surface area (Å²) in [6.45, 7) is 4.78. The van der Waals surface area contributed by atoms with Gasteiger partial charge in [0.1, 0.15) is 6.33 Å². The van der Waals surface area contributed by atoms with Crippen molar-refractivity contribution in [1.82, 2.24) is 29.5 Å². The highest BCUT2D eigenvalue weighted by atomic mass is 32.1. The molecule has 8 heteroatoms. The number of nitrogens with one attached hydrogen (secondary N) is 1.